The molecule has 1 aliphatic carbocycles. The number of halogens is 3. The Kier molecular flexibility index (Phi) is 4.34. The van der Waals surface area contributed by atoms with E-state index < -0.39 is 17.3 Å². The number of carbonyl (C=O) groups excluding carboxylic acids is 1. The molecule has 5 rings (SSSR count). The number of carbonyl (C=O) groups is 1. The number of fused-ring (bicyclic) bond motifs is 1. The van der Waals surface area contributed by atoms with Crippen LogP contribution in [0.3, 0.4) is 0 Å². The van der Waals surface area contributed by atoms with E-state index in [4.69, 9.17) is 0 Å². The summed E-state index contributed by atoms with van der Waals surface area (Å²) >= 11 is 0. The molecule has 2 aromatic rings. The van der Waals surface area contributed by atoms with Gasteiger partial charge in [0.1, 0.15) is 17.8 Å². The fourth-order valence-electron chi connectivity index (χ4n) is 4.88. The first kappa shape index (κ1) is 19.1. The molecule has 3 aliphatic rings. The van der Waals surface area contributed by atoms with Gasteiger partial charge in [-0.25, -0.2) is 9.97 Å². The summed E-state index contributed by atoms with van der Waals surface area (Å²) in [5.41, 5.74) is 2.17. The van der Waals surface area contributed by atoms with E-state index in [9.17, 15) is 18.0 Å². The summed E-state index contributed by atoms with van der Waals surface area (Å²) in [5.74, 6) is 0.327. The maximum atomic E-state index is 13.3. The van der Waals surface area contributed by atoms with E-state index in [-0.39, 0.29) is 11.7 Å². The summed E-state index contributed by atoms with van der Waals surface area (Å²) in [5, 5.41) is 0. The minimum atomic E-state index is -4.51. The molecule has 2 fully saturated rings. The summed E-state index contributed by atoms with van der Waals surface area (Å²) < 4.78 is 39.0. The largest absolute Gasteiger partial charge is 0.433 e. The lowest BCUT2D eigenvalue weighted by Crippen LogP contribution is -2.37. The van der Waals surface area contributed by atoms with Crippen molar-refractivity contribution in [3.63, 3.8) is 0 Å². The number of hydrogen-bond acceptors (Lipinski definition) is 4. The Morgan fingerprint density at radius 3 is 2.73 bits per heavy atom. The minimum absolute atomic E-state index is 0.0976. The summed E-state index contributed by atoms with van der Waals surface area (Å²) in [6.45, 7) is 2.17. The highest BCUT2D eigenvalue weighted by Crippen LogP contribution is 2.43. The lowest BCUT2D eigenvalue weighted by atomic mass is 9.85. The van der Waals surface area contributed by atoms with Crippen molar-refractivity contribution in [1.82, 2.24) is 14.9 Å². The quantitative estimate of drug-likeness (QED) is 0.771. The van der Waals surface area contributed by atoms with Crippen molar-refractivity contribution in [1.29, 1.82) is 0 Å². The molecule has 2 aliphatic heterocycles. The average Bonchev–Trinajstić information content (AvgIpc) is 3.43. The van der Waals surface area contributed by atoms with Gasteiger partial charge in [-0.3, -0.25) is 4.79 Å². The van der Waals surface area contributed by atoms with E-state index in [0.29, 0.717) is 39.0 Å². The number of amides is 1. The van der Waals surface area contributed by atoms with Crippen molar-refractivity contribution < 1.29 is 18.0 Å². The topological polar surface area (TPSA) is 49.3 Å². The SMILES string of the molecule is O=C1N(CC2=CCc3ccccc32)CCC12CCN(c1cc(C(F)(F)F)ncn1)C2. The highest BCUT2D eigenvalue weighted by atomic mass is 19.4. The first-order valence-electron chi connectivity index (χ1n) is 10.1. The van der Waals surface area contributed by atoms with Gasteiger partial charge in [0.15, 0.2) is 0 Å². The molecule has 1 aromatic heterocycles. The van der Waals surface area contributed by atoms with Crippen LogP contribution in [0.15, 0.2) is 42.7 Å². The van der Waals surface area contributed by atoms with Gasteiger partial charge in [0.05, 0.1) is 5.41 Å². The molecule has 1 atom stereocenters. The van der Waals surface area contributed by atoms with Crippen molar-refractivity contribution in [2.24, 2.45) is 5.41 Å². The Hall–Kier alpha value is -2.90. The standard InChI is InChI=1S/C22H21F3N4O/c23-22(24,25)18-11-19(27-14-26-18)29-10-8-21(13-29)7-9-28(20(21)30)12-16-6-5-15-3-1-2-4-17(15)16/h1-4,6,11,14H,5,7-10,12-13H2. The molecule has 30 heavy (non-hydrogen) atoms. The summed E-state index contributed by atoms with van der Waals surface area (Å²) in [7, 11) is 0. The zero-order valence-electron chi connectivity index (χ0n) is 16.3. The average molecular weight is 414 g/mol. The molecule has 156 valence electrons. The number of aromatic nitrogens is 2. The molecule has 2 saturated heterocycles. The van der Waals surface area contributed by atoms with Gasteiger partial charge >= 0.3 is 6.18 Å². The van der Waals surface area contributed by atoms with Gasteiger partial charge in [-0.15, -0.1) is 0 Å². The predicted molar refractivity (Wildman–Crippen MR) is 106 cm³/mol. The highest BCUT2D eigenvalue weighted by Gasteiger charge is 2.51. The molecule has 0 bridgehead atoms. The second-order valence-electron chi connectivity index (χ2n) is 8.28. The van der Waals surface area contributed by atoms with Crippen LogP contribution in [-0.2, 0) is 17.4 Å². The third-order valence-electron chi connectivity index (χ3n) is 6.51. The van der Waals surface area contributed by atoms with Crippen molar-refractivity contribution in [3.05, 3.63) is 59.6 Å². The van der Waals surface area contributed by atoms with E-state index in [0.717, 1.165) is 18.8 Å². The summed E-state index contributed by atoms with van der Waals surface area (Å²) in [6, 6.07) is 9.20. The Morgan fingerprint density at radius 1 is 1.10 bits per heavy atom. The van der Waals surface area contributed by atoms with Gasteiger partial charge in [-0.1, -0.05) is 30.3 Å². The normalized spacial score (nSPS) is 23.4. The molecule has 0 N–H and O–H groups in total. The predicted octanol–water partition coefficient (Wildman–Crippen LogP) is 3.56. The number of anilines is 1. The van der Waals surface area contributed by atoms with Crippen molar-refractivity contribution >= 4 is 17.3 Å². The number of allylic oxidation sites excluding steroid dienone is 1. The Labute approximate surface area is 172 Å². The van der Waals surface area contributed by atoms with E-state index >= 15 is 0 Å². The first-order chi connectivity index (χ1) is 14.4. The van der Waals surface area contributed by atoms with Crippen LogP contribution in [0.4, 0.5) is 19.0 Å². The molecular weight excluding hydrogens is 393 g/mol. The van der Waals surface area contributed by atoms with Gasteiger partial charge < -0.3 is 9.80 Å². The van der Waals surface area contributed by atoms with Crippen LogP contribution < -0.4 is 4.90 Å². The summed E-state index contributed by atoms with van der Waals surface area (Å²) in [4.78, 5) is 24.3. The van der Waals surface area contributed by atoms with E-state index in [1.54, 1.807) is 4.90 Å². The van der Waals surface area contributed by atoms with Gasteiger partial charge in [-0.05, 0) is 36.0 Å². The number of hydrogen-bond donors (Lipinski definition) is 0. The fraction of sp³-hybridized carbons (Fsp3) is 0.409. The third kappa shape index (κ3) is 3.14. The molecule has 5 nitrogen and oxygen atoms in total. The lowest BCUT2D eigenvalue weighted by Gasteiger charge is -2.24. The maximum absolute atomic E-state index is 13.3. The number of nitrogens with zero attached hydrogens (tertiary/aromatic N) is 4. The van der Waals surface area contributed by atoms with Crippen LogP contribution in [0, 0.1) is 5.41 Å². The van der Waals surface area contributed by atoms with Crippen LogP contribution in [0.2, 0.25) is 0 Å². The molecule has 1 spiro atoms. The van der Waals surface area contributed by atoms with Crippen LogP contribution >= 0.6 is 0 Å². The van der Waals surface area contributed by atoms with Gasteiger partial charge in [-0.2, -0.15) is 13.2 Å². The molecule has 1 aromatic carbocycles. The van der Waals surface area contributed by atoms with E-state index in [1.165, 1.54) is 16.7 Å². The minimum Gasteiger partial charge on any atom is -0.355 e. The van der Waals surface area contributed by atoms with Crippen LogP contribution in [-0.4, -0.2) is 47.0 Å². The fourth-order valence-corrected chi connectivity index (χ4v) is 4.88. The van der Waals surface area contributed by atoms with Crippen molar-refractivity contribution in [2.75, 3.05) is 31.1 Å². The van der Waals surface area contributed by atoms with Crippen molar-refractivity contribution in [3.8, 4) is 0 Å². The Morgan fingerprint density at radius 2 is 1.90 bits per heavy atom. The highest BCUT2D eigenvalue weighted by molar-refractivity contribution is 5.88. The van der Waals surface area contributed by atoms with Crippen LogP contribution in [0.1, 0.15) is 29.7 Å². The Bertz CT molecular complexity index is 1040. The molecule has 0 saturated carbocycles. The lowest BCUT2D eigenvalue weighted by molar-refractivity contribution is -0.141. The van der Waals surface area contributed by atoms with Crippen LogP contribution in [0.25, 0.3) is 5.57 Å². The van der Waals surface area contributed by atoms with Gasteiger partial charge in [0, 0.05) is 32.2 Å². The van der Waals surface area contributed by atoms with E-state index in [2.05, 4.69) is 28.2 Å². The number of rotatable bonds is 3. The second-order valence-corrected chi connectivity index (χ2v) is 8.28. The second kappa shape index (κ2) is 6.82. The third-order valence-corrected chi connectivity index (χ3v) is 6.51. The summed E-state index contributed by atoms with van der Waals surface area (Å²) in [6.07, 6.45) is 0.846. The number of likely N-dealkylation sites (tertiary alicyclic amines) is 1. The zero-order valence-corrected chi connectivity index (χ0v) is 16.3. The first-order valence-corrected chi connectivity index (χ1v) is 10.1. The molecule has 1 amide bonds. The smallest absolute Gasteiger partial charge is 0.355 e. The van der Waals surface area contributed by atoms with Crippen LogP contribution in [0.5, 0.6) is 0 Å². The number of benzene rings is 1. The molecule has 3 heterocycles. The molecular formula is C22H21F3N4O. The molecule has 0 radical (unpaired) electrons. The van der Waals surface area contributed by atoms with Gasteiger partial charge in [0.2, 0.25) is 5.91 Å². The molecule has 1 unspecified atom stereocenters. The van der Waals surface area contributed by atoms with Gasteiger partial charge in [0.25, 0.3) is 0 Å². The zero-order chi connectivity index (χ0) is 20.9. The Balaban J connectivity index is 1.30. The monoisotopic (exact) mass is 414 g/mol. The number of alkyl halides is 3. The van der Waals surface area contributed by atoms with Crippen molar-refractivity contribution in [2.45, 2.75) is 25.4 Å². The van der Waals surface area contributed by atoms with E-state index in [1.807, 2.05) is 17.0 Å². The molecule has 8 heteroatoms. The maximum Gasteiger partial charge on any atom is 0.433 e.